The molecule has 6 heteroatoms. The molecule has 3 N–H and O–H groups in total. The third-order valence-electron chi connectivity index (χ3n) is 5.46. The first-order valence-corrected chi connectivity index (χ1v) is 9.26. The van der Waals surface area contributed by atoms with Gasteiger partial charge in [0.2, 0.25) is 0 Å². The number of aliphatic hydroxyl groups excluding tert-OH is 1. The van der Waals surface area contributed by atoms with Gasteiger partial charge in [-0.15, -0.1) is 0 Å². The van der Waals surface area contributed by atoms with Gasteiger partial charge < -0.3 is 20.5 Å². The SMILES string of the molecule is COc1ccc2c(c1)NC(O)C(C(F)(F)CCCCC1CCCC1)N2. The lowest BCUT2D eigenvalue weighted by Gasteiger charge is -2.37. The number of benzene rings is 1. The van der Waals surface area contributed by atoms with Crippen molar-refractivity contribution in [2.45, 2.75) is 69.6 Å². The number of hydrogen-bond donors (Lipinski definition) is 3. The Bertz CT molecular complexity index is 577. The van der Waals surface area contributed by atoms with Crippen LogP contribution in [0.4, 0.5) is 20.2 Å². The number of hydrogen-bond acceptors (Lipinski definition) is 4. The third-order valence-corrected chi connectivity index (χ3v) is 5.46. The summed E-state index contributed by atoms with van der Waals surface area (Å²) in [6.07, 6.45) is 5.91. The molecule has 0 radical (unpaired) electrons. The van der Waals surface area contributed by atoms with Crippen molar-refractivity contribution in [3.63, 3.8) is 0 Å². The monoisotopic (exact) mass is 354 g/mol. The van der Waals surface area contributed by atoms with Gasteiger partial charge in [-0.05, 0) is 24.5 Å². The topological polar surface area (TPSA) is 53.5 Å². The second kappa shape index (κ2) is 7.77. The van der Waals surface area contributed by atoms with Crippen molar-refractivity contribution in [2.24, 2.45) is 5.92 Å². The van der Waals surface area contributed by atoms with E-state index in [0.717, 1.165) is 18.8 Å². The summed E-state index contributed by atoms with van der Waals surface area (Å²) in [6, 6.07) is 3.75. The Morgan fingerprint density at radius 2 is 1.92 bits per heavy atom. The minimum absolute atomic E-state index is 0.207. The molecule has 1 aliphatic heterocycles. The summed E-state index contributed by atoms with van der Waals surface area (Å²) in [5, 5.41) is 15.7. The van der Waals surface area contributed by atoms with Crippen LogP contribution in [0, 0.1) is 5.92 Å². The molecule has 1 fully saturated rings. The zero-order chi connectivity index (χ0) is 17.9. The first kappa shape index (κ1) is 18.2. The van der Waals surface area contributed by atoms with Crippen LogP contribution >= 0.6 is 0 Å². The number of rotatable bonds is 7. The van der Waals surface area contributed by atoms with Crippen LogP contribution in [0.3, 0.4) is 0 Å². The minimum Gasteiger partial charge on any atom is -0.497 e. The van der Waals surface area contributed by atoms with Crippen LogP contribution in [0.25, 0.3) is 0 Å². The second-order valence-corrected chi connectivity index (χ2v) is 7.28. The molecular formula is C19H28F2N2O2. The molecule has 0 amide bonds. The molecule has 140 valence electrons. The summed E-state index contributed by atoms with van der Waals surface area (Å²) in [6.45, 7) is 0. The quantitative estimate of drug-likeness (QED) is 0.626. The van der Waals surface area contributed by atoms with Crippen LogP contribution in [0.15, 0.2) is 18.2 Å². The lowest BCUT2D eigenvalue weighted by Crippen LogP contribution is -2.53. The molecule has 1 aliphatic carbocycles. The fraction of sp³-hybridized carbons (Fsp3) is 0.684. The molecule has 3 rings (SSSR count). The smallest absolute Gasteiger partial charge is 0.272 e. The molecule has 1 aromatic rings. The van der Waals surface area contributed by atoms with Crippen molar-refractivity contribution in [1.82, 2.24) is 0 Å². The average molecular weight is 354 g/mol. The fourth-order valence-corrected chi connectivity index (χ4v) is 3.97. The lowest BCUT2D eigenvalue weighted by molar-refractivity contribution is -0.0601. The van der Waals surface area contributed by atoms with Gasteiger partial charge in [-0.3, -0.25) is 0 Å². The van der Waals surface area contributed by atoms with Gasteiger partial charge >= 0.3 is 0 Å². The molecule has 2 aliphatic rings. The zero-order valence-electron chi connectivity index (χ0n) is 14.7. The normalized spacial score (nSPS) is 23.7. The Labute approximate surface area is 148 Å². The number of aliphatic hydroxyl groups is 1. The van der Waals surface area contributed by atoms with Gasteiger partial charge in [0.1, 0.15) is 11.8 Å². The van der Waals surface area contributed by atoms with Crippen molar-refractivity contribution in [1.29, 1.82) is 0 Å². The summed E-state index contributed by atoms with van der Waals surface area (Å²) in [4.78, 5) is 0. The van der Waals surface area contributed by atoms with Crippen molar-refractivity contribution < 1.29 is 18.6 Å². The van der Waals surface area contributed by atoms with Crippen molar-refractivity contribution in [3.8, 4) is 5.75 Å². The first-order chi connectivity index (χ1) is 12.0. The molecule has 4 nitrogen and oxygen atoms in total. The number of fused-ring (bicyclic) bond motifs is 1. The van der Waals surface area contributed by atoms with E-state index in [-0.39, 0.29) is 6.42 Å². The predicted octanol–water partition coefficient (Wildman–Crippen LogP) is 4.61. The number of methoxy groups -OCH3 is 1. The molecule has 0 spiro atoms. The van der Waals surface area contributed by atoms with E-state index in [2.05, 4.69) is 10.6 Å². The Balaban J connectivity index is 1.55. The number of nitrogens with one attached hydrogen (secondary N) is 2. The Morgan fingerprint density at radius 1 is 1.16 bits per heavy atom. The average Bonchev–Trinajstić information content (AvgIpc) is 3.11. The summed E-state index contributed by atoms with van der Waals surface area (Å²) >= 11 is 0. The maximum Gasteiger partial charge on any atom is 0.272 e. The van der Waals surface area contributed by atoms with E-state index in [1.54, 1.807) is 18.2 Å². The summed E-state index contributed by atoms with van der Waals surface area (Å²) in [7, 11) is 1.54. The van der Waals surface area contributed by atoms with Crippen molar-refractivity contribution >= 4 is 11.4 Å². The van der Waals surface area contributed by atoms with Crippen molar-refractivity contribution in [3.05, 3.63) is 18.2 Å². The number of ether oxygens (including phenoxy) is 1. The molecule has 1 aromatic carbocycles. The Kier molecular flexibility index (Phi) is 5.67. The first-order valence-electron chi connectivity index (χ1n) is 9.26. The summed E-state index contributed by atoms with van der Waals surface area (Å²) in [5.41, 5.74) is 1.13. The van der Waals surface area contributed by atoms with E-state index in [1.165, 1.54) is 32.8 Å². The van der Waals surface area contributed by atoms with Crippen LogP contribution in [0.2, 0.25) is 0 Å². The molecule has 1 saturated carbocycles. The number of anilines is 2. The standard InChI is InChI=1S/C19H28F2N2O2/c1-25-14-9-10-15-16(12-14)23-18(24)17(22-15)19(20,21)11-5-4-8-13-6-2-3-7-13/h9-10,12-13,17-18,22-24H,2-8,11H2,1H3. The van der Waals surface area contributed by atoms with E-state index >= 15 is 0 Å². The van der Waals surface area contributed by atoms with E-state index in [9.17, 15) is 13.9 Å². The van der Waals surface area contributed by atoms with Gasteiger partial charge in [0.25, 0.3) is 5.92 Å². The van der Waals surface area contributed by atoms with Gasteiger partial charge in [0.05, 0.1) is 18.5 Å². The van der Waals surface area contributed by atoms with E-state index in [0.29, 0.717) is 23.5 Å². The molecular weight excluding hydrogens is 326 g/mol. The third kappa shape index (κ3) is 4.35. The van der Waals surface area contributed by atoms with Crippen LogP contribution in [0.1, 0.15) is 51.4 Å². The highest BCUT2D eigenvalue weighted by Gasteiger charge is 2.45. The van der Waals surface area contributed by atoms with E-state index < -0.39 is 18.2 Å². The summed E-state index contributed by atoms with van der Waals surface area (Å²) < 4.78 is 34.3. The molecule has 1 heterocycles. The van der Waals surface area contributed by atoms with E-state index in [4.69, 9.17) is 4.74 Å². The molecule has 2 atom stereocenters. The summed E-state index contributed by atoms with van der Waals surface area (Å²) in [5.74, 6) is -1.63. The number of unbranched alkanes of at least 4 members (excludes halogenated alkanes) is 1. The van der Waals surface area contributed by atoms with Gasteiger partial charge in [0, 0.05) is 12.5 Å². The molecule has 0 aromatic heterocycles. The van der Waals surface area contributed by atoms with E-state index in [1.807, 2.05) is 0 Å². The zero-order valence-corrected chi connectivity index (χ0v) is 14.7. The van der Waals surface area contributed by atoms with Crippen LogP contribution in [0.5, 0.6) is 5.75 Å². The molecule has 25 heavy (non-hydrogen) atoms. The highest BCUT2D eigenvalue weighted by atomic mass is 19.3. The van der Waals surface area contributed by atoms with Crippen molar-refractivity contribution in [2.75, 3.05) is 17.7 Å². The Hall–Kier alpha value is -1.56. The molecule has 0 bridgehead atoms. The highest BCUT2D eigenvalue weighted by molar-refractivity contribution is 5.73. The number of halogens is 2. The van der Waals surface area contributed by atoms with Crippen LogP contribution < -0.4 is 15.4 Å². The lowest BCUT2D eigenvalue weighted by atomic mass is 9.95. The molecule has 2 unspecified atom stereocenters. The number of alkyl halides is 2. The molecule has 0 saturated heterocycles. The largest absolute Gasteiger partial charge is 0.497 e. The highest BCUT2D eigenvalue weighted by Crippen LogP contribution is 2.38. The minimum atomic E-state index is -2.97. The van der Waals surface area contributed by atoms with Gasteiger partial charge in [-0.1, -0.05) is 38.5 Å². The predicted molar refractivity (Wildman–Crippen MR) is 95.4 cm³/mol. The van der Waals surface area contributed by atoms with Crippen LogP contribution in [-0.4, -0.2) is 30.4 Å². The van der Waals surface area contributed by atoms with Crippen LogP contribution in [-0.2, 0) is 0 Å². The van der Waals surface area contributed by atoms with Gasteiger partial charge in [0.15, 0.2) is 6.23 Å². The van der Waals surface area contributed by atoms with Gasteiger partial charge in [-0.2, -0.15) is 0 Å². The maximum absolute atomic E-state index is 14.6. The Morgan fingerprint density at radius 3 is 2.64 bits per heavy atom. The fourth-order valence-electron chi connectivity index (χ4n) is 3.97. The second-order valence-electron chi connectivity index (χ2n) is 7.28. The van der Waals surface area contributed by atoms with Gasteiger partial charge in [-0.25, -0.2) is 8.78 Å². The maximum atomic E-state index is 14.6.